The normalized spacial score (nSPS) is 13.3. The van der Waals surface area contributed by atoms with E-state index in [9.17, 15) is 9.18 Å². The highest BCUT2D eigenvalue weighted by atomic mass is 19.1. The van der Waals surface area contributed by atoms with Gasteiger partial charge in [-0.1, -0.05) is 17.7 Å². The minimum atomic E-state index is -0.342. The number of rotatable bonds is 3. The number of nitrogens with one attached hydrogen (secondary N) is 2. The number of hydrogen-bond acceptors (Lipinski definition) is 3. The first-order valence-corrected chi connectivity index (χ1v) is 8.55. The molecule has 1 aliphatic heterocycles. The summed E-state index contributed by atoms with van der Waals surface area (Å²) in [6.07, 6.45) is 5.68. The number of amides is 1. The van der Waals surface area contributed by atoms with Crippen LogP contribution < -0.4 is 10.6 Å². The lowest BCUT2D eigenvalue weighted by Crippen LogP contribution is -2.25. The van der Waals surface area contributed by atoms with E-state index in [0.29, 0.717) is 29.8 Å². The predicted molar refractivity (Wildman–Crippen MR) is 98.1 cm³/mol. The van der Waals surface area contributed by atoms with E-state index < -0.39 is 0 Å². The molecule has 132 valence electrons. The Morgan fingerprint density at radius 3 is 3.00 bits per heavy atom. The number of halogens is 1. The molecule has 0 radical (unpaired) electrons. The van der Waals surface area contributed by atoms with E-state index in [1.165, 1.54) is 0 Å². The molecular weight excluding hydrogens is 331 g/mol. The molecule has 0 spiro atoms. The Hall–Kier alpha value is -2.99. The first-order valence-electron chi connectivity index (χ1n) is 8.55. The molecule has 2 aromatic carbocycles. The Morgan fingerprint density at radius 2 is 2.19 bits per heavy atom. The standard InChI is InChI=1S/C20H19FN4O/c1-13-2-5-18(25-9-8-23-12-25)16(10-13)20(26)24-17-4-3-14-11-22-7-6-15(14)19(17)21/h2-5,8-10,12,22H,6-7,11H2,1H3,(H,24,26). The number of carbonyl (C=O) groups excluding carboxylic acids is 1. The molecule has 1 aliphatic rings. The fourth-order valence-electron chi connectivity index (χ4n) is 3.28. The summed E-state index contributed by atoms with van der Waals surface area (Å²) in [7, 11) is 0. The zero-order chi connectivity index (χ0) is 18.1. The van der Waals surface area contributed by atoms with Crippen molar-refractivity contribution in [2.75, 3.05) is 11.9 Å². The van der Waals surface area contributed by atoms with Gasteiger partial charge in [0.1, 0.15) is 5.82 Å². The van der Waals surface area contributed by atoms with E-state index >= 15 is 0 Å². The highest BCUT2D eigenvalue weighted by molar-refractivity contribution is 6.07. The molecule has 2 heterocycles. The third-order valence-electron chi connectivity index (χ3n) is 4.63. The number of imidazole rings is 1. The van der Waals surface area contributed by atoms with Crippen molar-refractivity contribution < 1.29 is 9.18 Å². The third-order valence-corrected chi connectivity index (χ3v) is 4.63. The Kier molecular flexibility index (Phi) is 4.26. The summed E-state index contributed by atoms with van der Waals surface area (Å²) in [6, 6.07) is 9.09. The number of anilines is 1. The maximum Gasteiger partial charge on any atom is 0.257 e. The van der Waals surface area contributed by atoms with Gasteiger partial charge in [0.05, 0.1) is 23.3 Å². The Bertz CT molecular complexity index is 966. The van der Waals surface area contributed by atoms with Crippen LogP contribution in [0.15, 0.2) is 49.1 Å². The maximum atomic E-state index is 14.8. The second kappa shape index (κ2) is 6.72. The quantitative estimate of drug-likeness (QED) is 0.763. The van der Waals surface area contributed by atoms with Gasteiger partial charge in [0.25, 0.3) is 5.91 Å². The third kappa shape index (κ3) is 2.99. The molecule has 2 N–H and O–H groups in total. The van der Waals surface area contributed by atoms with Crippen molar-refractivity contribution in [2.45, 2.75) is 19.9 Å². The van der Waals surface area contributed by atoms with E-state index in [-0.39, 0.29) is 17.4 Å². The van der Waals surface area contributed by atoms with E-state index in [0.717, 1.165) is 17.7 Å². The predicted octanol–water partition coefficient (Wildman–Crippen LogP) is 3.22. The molecule has 0 bridgehead atoms. The highest BCUT2D eigenvalue weighted by Crippen LogP contribution is 2.26. The van der Waals surface area contributed by atoms with Gasteiger partial charge in [0.2, 0.25) is 0 Å². The largest absolute Gasteiger partial charge is 0.319 e. The van der Waals surface area contributed by atoms with Gasteiger partial charge in [-0.25, -0.2) is 9.37 Å². The van der Waals surface area contributed by atoms with Gasteiger partial charge in [0, 0.05) is 18.9 Å². The molecule has 5 nitrogen and oxygen atoms in total. The number of carbonyl (C=O) groups is 1. The molecule has 0 saturated heterocycles. The number of aryl methyl sites for hydroxylation is 1. The molecule has 3 aromatic rings. The lowest BCUT2D eigenvalue weighted by molar-refractivity contribution is 0.102. The van der Waals surface area contributed by atoms with Crippen LogP contribution in [0.5, 0.6) is 0 Å². The van der Waals surface area contributed by atoms with Gasteiger partial charge in [-0.05, 0) is 49.2 Å². The van der Waals surface area contributed by atoms with Crippen molar-refractivity contribution >= 4 is 11.6 Å². The molecule has 0 unspecified atom stereocenters. The fourth-order valence-corrected chi connectivity index (χ4v) is 3.28. The lowest BCUT2D eigenvalue weighted by Gasteiger charge is -2.19. The van der Waals surface area contributed by atoms with Crippen molar-refractivity contribution in [3.8, 4) is 5.69 Å². The lowest BCUT2D eigenvalue weighted by atomic mass is 9.99. The molecule has 1 amide bonds. The summed E-state index contributed by atoms with van der Waals surface area (Å²) in [5.74, 6) is -0.681. The minimum Gasteiger partial charge on any atom is -0.319 e. The summed E-state index contributed by atoms with van der Waals surface area (Å²) < 4.78 is 16.6. The topological polar surface area (TPSA) is 59.0 Å². The Labute approximate surface area is 150 Å². The number of benzene rings is 2. The van der Waals surface area contributed by atoms with Gasteiger partial charge in [0.15, 0.2) is 0 Å². The van der Waals surface area contributed by atoms with Crippen molar-refractivity contribution in [1.82, 2.24) is 14.9 Å². The second-order valence-corrected chi connectivity index (χ2v) is 6.44. The van der Waals surface area contributed by atoms with Crippen LogP contribution in [0.1, 0.15) is 27.0 Å². The number of nitrogens with zero attached hydrogens (tertiary/aromatic N) is 2. The average molecular weight is 350 g/mol. The molecule has 0 saturated carbocycles. The highest BCUT2D eigenvalue weighted by Gasteiger charge is 2.19. The smallest absolute Gasteiger partial charge is 0.257 e. The average Bonchev–Trinajstić information content (AvgIpc) is 3.18. The van der Waals surface area contributed by atoms with E-state index in [1.54, 1.807) is 35.4 Å². The summed E-state index contributed by atoms with van der Waals surface area (Å²) in [5, 5.41) is 5.96. The van der Waals surface area contributed by atoms with Gasteiger partial charge < -0.3 is 15.2 Å². The summed E-state index contributed by atoms with van der Waals surface area (Å²) >= 11 is 0. The zero-order valence-corrected chi connectivity index (χ0v) is 14.4. The minimum absolute atomic E-state index is 0.216. The summed E-state index contributed by atoms with van der Waals surface area (Å²) in [5.41, 5.74) is 3.97. The number of fused-ring (bicyclic) bond motifs is 1. The van der Waals surface area contributed by atoms with Crippen LogP contribution in [0.25, 0.3) is 5.69 Å². The summed E-state index contributed by atoms with van der Waals surface area (Å²) in [6.45, 7) is 3.31. The molecule has 4 rings (SSSR count). The van der Waals surface area contributed by atoms with E-state index in [4.69, 9.17) is 0 Å². The SMILES string of the molecule is Cc1ccc(-n2ccnc2)c(C(=O)Nc2ccc3c(c2F)CCNC3)c1. The van der Waals surface area contributed by atoms with Gasteiger partial charge in [-0.3, -0.25) is 4.79 Å². The van der Waals surface area contributed by atoms with Crippen LogP contribution in [0.4, 0.5) is 10.1 Å². The van der Waals surface area contributed by atoms with Gasteiger partial charge in [-0.15, -0.1) is 0 Å². The molecule has 0 fully saturated rings. The van der Waals surface area contributed by atoms with Gasteiger partial charge in [-0.2, -0.15) is 0 Å². The first kappa shape index (κ1) is 16.5. The van der Waals surface area contributed by atoms with Crippen molar-refractivity contribution in [3.63, 3.8) is 0 Å². The molecule has 0 atom stereocenters. The molecule has 26 heavy (non-hydrogen) atoms. The molecule has 6 heteroatoms. The number of hydrogen-bond donors (Lipinski definition) is 2. The number of aromatic nitrogens is 2. The molecule has 0 aliphatic carbocycles. The van der Waals surface area contributed by atoms with Crippen LogP contribution in [-0.2, 0) is 13.0 Å². The van der Waals surface area contributed by atoms with Gasteiger partial charge >= 0.3 is 0 Å². The van der Waals surface area contributed by atoms with Crippen LogP contribution >= 0.6 is 0 Å². The van der Waals surface area contributed by atoms with Crippen LogP contribution in [0, 0.1) is 12.7 Å². The van der Waals surface area contributed by atoms with Crippen molar-refractivity contribution in [3.05, 3.63) is 77.1 Å². The molecule has 1 aromatic heterocycles. The first-order chi connectivity index (χ1) is 12.6. The van der Waals surface area contributed by atoms with Crippen LogP contribution in [-0.4, -0.2) is 22.0 Å². The summed E-state index contributed by atoms with van der Waals surface area (Å²) in [4.78, 5) is 16.9. The zero-order valence-electron chi connectivity index (χ0n) is 14.4. The molecular formula is C20H19FN4O. The Balaban J connectivity index is 1.69. The van der Waals surface area contributed by atoms with Crippen molar-refractivity contribution in [2.24, 2.45) is 0 Å². The van der Waals surface area contributed by atoms with Crippen LogP contribution in [0.3, 0.4) is 0 Å². The van der Waals surface area contributed by atoms with E-state index in [1.807, 2.05) is 25.1 Å². The van der Waals surface area contributed by atoms with Crippen molar-refractivity contribution in [1.29, 1.82) is 0 Å². The van der Waals surface area contributed by atoms with Crippen LogP contribution in [0.2, 0.25) is 0 Å². The van der Waals surface area contributed by atoms with E-state index in [2.05, 4.69) is 15.6 Å². The maximum absolute atomic E-state index is 14.8. The second-order valence-electron chi connectivity index (χ2n) is 6.44. The fraction of sp³-hybridized carbons (Fsp3) is 0.200. The Morgan fingerprint density at radius 1 is 1.31 bits per heavy atom. The monoisotopic (exact) mass is 350 g/mol.